The van der Waals surface area contributed by atoms with Crippen LogP contribution < -0.4 is 5.73 Å². The Morgan fingerprint density at radius 2 is 2.00 bits per heavy atom. The van der Waals surface area contributed by atoms with Crippen molar-refractivity contribution in [1.29, 1.82) is 0 Å². The minimum absolute atomic E-state index is 0. The molecule has 0 radical (unpaired) electrons. The fourth-order valence-electron chi connectivity index (χ4n) is 0.729. The predicted molar refractivity (Wildman–Crippen MR) is 26.4 cm³/mol. The van der Waals surface area contributed by atoms with Crippen molar-refractivity contribution in [2.24, 2.45) is 11.7 Å². The molecular weight excluding hydrogens is 269 g/mol. The Morgan fingerprint density at radius 1 is 1.43 bits per heavy atom. The van der Waals surface area contributed by atoms with E-state index in [0.29, 0.717) is 0 Å². The summed E-state index contributed by atoms with van der Waals surface area (Å²) in [6, 6.07) is 0. The molecule has 0 aromatic heterocycles. The van der Waals surface area contributed by atoms with Gasteiger partial charge in [-0.15, -0.1) is 0 Å². The van der Waals surface area contributed by atoms with E-state index < -0.39 is 0 Å². The van der Waals surface area contributed by atoms with E-state index >= 15 is 0 Å². The normalized spacial score (nSPS) is 20.1. The van der Waals surface area contributed by atoms with Gasteiger partial charge in [0, 0.05) is 21.1 Å². The molecule has 0 atom stereocenters. The molecule has 0 aliphatic heterocycles. The van der Waals surface area contributed by atoms with E-state index in [4.69, 9.17) is 5.73 Å². The molecule has 0 heterocycles. The molecule has 0 aromatic carbocycles. The summed E-state index contributed by atoms with van der Waals surface area (Å²) in [6.45, 7) is 0.917. The molecule has 2 heteroatoms. The summed E-state index contributed by atoms with van der Waals surface area (Å²) in [5.74, 6) is 0.894. The van der Waals surface area contributed by atoms with E-state index in [-0.39, 0.29) is 21.1 Å². The van der Waals surface area contributed by atoms with E-state index in [9.17, 15) is 0 Å². The van der Waals surface area contributed by atoms with Gasteiger partial charge in [0.2, 0.25) is 0 Å². The maximum Gasteiger partial charge on any atom is 0 e. The number of nitrogens with two attached hydrogens (primary N) is 1. The average Bonchev–Trinajstić information content (AvgIpc) is 1.31. The fourth-order valence-corrected chi connectivity index (χ4v) is 0.729. The minimum atomic E-state index is 0. The Morgan fingerprint density at radius 3 is 2.00 bits per heavy atom. The summed E-state index contributed by atoms with van der Waals surface area (Å²) in [4.78, 5) is 0. The quantitative estimate of drug-likeness (QED) is 0.753. The summed E-state index contributed by atoms with van der Waals surface area (Å²) in [5.41, 5.74) is 5.33. The molecule has 0 spiro atoms. The second kappa shape index (κ2) is 3.63. The number of hydrogen-bond donors (Lipinski definition) is 1. The fraction of sp³-hybridized carbons (Fsp3) is 1.00. The average molecular weight is 280 g/mol. The molecule has 46 valence electrons. The van der Waals surface area contributed by atoms with Gasteiger partial charge in [-0.3, -0.25) is 0 Å². The van der Waals surface area contributed by atoms with Gasteiger partial charge in [0.25, 0.3) is 0 Å². The zero-order valence-corrected chi connectivity index (χ0v) is 6.57. The van der Waals surface area contributed by atoms with Crippen LogP contribution in [-0.4, -0.2) is 6.54 Å². The Labute approximate surface area is 58.9 Å². The molecule has 7 heavy (non-hydrogen) atoms. The van der Waals surface area contributed by atoms with Crippen molar-refractivity contribution in [3.63, 3.8) is 0 Å². The van der Waals surface area contributed by atoms with Gasteiger partial charge in [-0.2, -0.15) is 0 Å². The largest absolute Gasteiger partial charge is 0.330 e. The van der Waals surface area contributed by atoms with Crippen LogP contribution in [-0.2, 0) is 21.1 Å². The topological polar surface area (TPSA) is 26.0 Å². The van der Waals surface area contributed by atoms with Gasteiger partial charge < -0.3 is 5.73 Å². The molecule has 2 N–H and O–H groups in total. The zero-order chi connectivity index (χ0) is 4.41. The molecule has 1 fully saturated rings. The molecule has 0 bridgehead atoms. The van der Waals surface area contributed by atoms with Crippen molar-refractivity contribution in [3.8, 4) is 0 Å². The van der Waals surface area contributed by atoms with Crippen molar-refractivity contribution in [3.05, 3.63) is 0 Å². The first-order valence-electron chi connectivity index (χ1n) is 2.63. The van der Waals surface area contributed by atoms with E-state index in [1.54, 1.807) is 0 Å². The van der Waals surface area contributed by atoms with Crippen molar-refractivity contribution in [2.45, 2.75) is 19.3 Å². The Hall–Kier alpha value is 0.648. The smallest absolute Gasteiger partial charge is 0 e. The van der Waals surface area contributed by atoms with Gasteiger partial charge in [0.05, 0.1) is 0 Å². The maximum atomic E-state index is 5.33. The van der Waals surface area contributed by atoms with Gasteiger partial charge in [-0.1, -0.05) is 6.42 Å². The van der Waals surface area contributed by atoms with Crippen LogP contribution in [0.2, 0.25) is 0 Å². The van der Waals surface area contributed by atoms with Gasteiger partial charge in [0.15, 0.2) is 0 Å². The molecule has 0 saturated heterocycles. The van der Waals surface area contributed by atoms with Crippen LogP contribution in [0, 0.1) is 5.92 Å². The van der Waals surface area contributed by atoms with Crippen LogP contribution in [0.1, 0.15) is 19.3 Å². The third kappa shape index (κ3) is 1.92. The summed E-state index contributed by atoms with van der Waals surface area (Å²) in [7, 11) is 0. The monoisotopic (exact) mass is 280 g/mol. The van der Waals surface area contributed by atoms with Crippen molar-refractivity contribution in [2.75, 3.05) is 6.54 Å². The van der Waals surface area contributed by atoms with Crippen LogP contribution in [0.3, 0.4) is 0 Å². The molecule has 0 amide bonds. The summed E-state index contributed by atoms with van der Waals surface area (Å²) < 4.78 is 0. The first kappa shape index (κ1) is 7.65. The van der Waals surface area contributed by atoms with Gasteiger partial charge >= 0.3 is 0 Å². The van der Waals surface area contributed by atoms with Crippen molar-refractivity contribution in [1.82, 2.24) is 0 Å². The Kier molecular flexibility index (Phi) is 3.96. The first-order chi connectivity index (χ1) is 2.93. The second-order valence-corrected chi connectivity index (χ2v) is 2.03. The van der Waals surface area contributed by atoms with E-state index in [1.165, 1.54) is 19.3 Å². The Bertz CT molecular complexity index is 40.6. The maximum absolute atomic E-state index is 5.33. The summed E-state index contributed by atoms with van der Waals surface area (Å²) in [5, 5.41) is 0. The Balaban J connectivity index is 0.000000360. The molecule has 0 aromatic rings. The van der Waals surface area contributed by atoms with Crippen LogP contribution in [0.4, 0.5) is 0 Å². The van der Waals surface area contributed by atoms with Crippen molar-refractivity contribution >= 4 is 0 Å². The zero-order valence-electron chi connectivity index (χ0n) is 4.30. The van der Waals surface area contributed by atoms with E-state index in [1.807, 2.05) is 0 Å². The number of hydrogen-bond acceptors (Lipinski definition) is 1. The predicted octanol–water partition coefficient (Wildman–Crippen LogP) is 0.743. The summed E-state index contributed by atoms with van der Waals surface area (Å²) in [6.07, 6.45) is 4.19. The minimum Gasteiger partial charge on any atom is -0.330 e. The molecule has 1 nitrogen and oxygen atoms in total. The first-order valence-corrected chi connectivity index (χ1v) is 2.63. The van der Waals surface area contributed by atoms with Gasteiger partial charge in [-0.05, 0) is 25.3 Å². The standard InChI is InChI=1S/C5H11N.Pt/c6-4-5-2-1-3-5;/h5H,1-4,6H2;. The van der Waals surface area contributed by atoms with Crippen LogP contribution >= 0.6 is 0 Å². The number of rotatable bonds is 1. The van der Waals surface area contributed by atoms with Crippen LogP contribution in [0.25, 0.3) is 0 Å². The molecule has 1 saturated carbocycles. The van der Waals surface area contributed by atoms with E-state index in [2.05, 4.69) is 0 Å². The summed E-state index contributed by atoms with van der Waals surface area (Å²) >= 11 is 0. The van der Waals surface area contributed by atoms with Gasteiger partial charge in [0.1, 0.15) is 0 Å². The SMILES string of the molecule is NCC1CCC1.[Pt]. The molecule has 1 rings (SSSR count). The van der Waals surface area contributed by atoms with Crippen LogP contribution in [0.15, 0.2) is 0 Å². The second-order valence-electron chi connectivity index (χ2n) is 2.03. The van der Waals surface area contributed by atoms with Gasteiger partial charge in [-0.25, -0.2) is 0 Å². The third-order valence-corrected chi connectivity index (χ3v) is 1.56. The van der Waals surface area contributed by atoms with Crippen molar-refractivity contribution < 1.29 is 21.1 Å². The third-order valence-electron chi connectivity index (χ3n) is 1.56. The molecule has 1 aliphatic carbocycles. The van der Waals surface area contributed by atoms with Crippen LogP contribution in [0.5, 0.6) is 0 Å². The molecule has 1 aliphatic rings. The molecular formula is C5H11NPt. The molecule has 0 unspecified atom stereocenters. The van der Waals surface area contributed by atoms with E-state index in [0.717, 1.165) is 12.5 Å².